The van der Waals surface area contributed by atoms with Crippen LogP contribution in [-0.4, -0.2) is 60.9 Å². The lowest BCUT2D eigenvalue weighted by Crippen LogP contribution is -2.57. The maximum absolute atomic E-state index is 13.3. The maximum Gasteiger partial charge on any atom is 0.405 e. The average molecular weight is 346 g/mol. The molecule has 0 radical (unpaired) electrons. The predicted molar refractivity (Wildman–Crippen MR) is 79.8 cm³/mol. The fourth-order valence-corrected chi connectivity index (χ4v) is 3.28. The van der Waals surface area contributed by atoms with Gasteiger partial charge in [-0.05, 0) is 19.3 Å². The van der Waals surface area contributed by atoms with Crippen LogP contribution in [0.1, 0.15) is 34.7 Å². The number of rotatable bonds is 4. The Labute approximate surface area is 137 Å². The topological polar surface area (TPSA) is 70.4 Å². The molecular formula is C15H21F3N4O2. The van der Waals surface area contributed by atoms with Gasteiger partial charge in [0.15, 0.2) is 5.69 Å². The highest BCUT2D eigenvalue weighted by atomic mass is 19.4. The van der Waals surface area contributed by atoms with Gasteiger partial charge in [0.25, 0.3) is 5.91 Å². The van der Waals surface area contributed by atoms with Crippen LogP contribution in [0, 0.1) is 0 Å². The van der Waals surface area contributed by atoms with Crippen molar-refractivity contribution in [3.8, 4) is 0 Å². The van der Waals surface area contributed by atoms with Gasteiger partial charge in [-0.15, -0.1) is 0 Å². The molecule has 1 amide bonds. The van der Waals surface area contributed by atoms with Gasteiger partial charge in [0.1, 0.15) is 11.8 Å². The molecule has 1 saturated heterocycles. The van der Waals surface area contributed by atoms with Crippen LogP contribution in [0.2, 0.25) is 0 Å². The number of alkyl halides is 3. The summed E-state index contributed by atoms with van der Waals surface area (Å²) in [5.41, 5.74) is 0.871. The number of hydrogen-bond donors (Lipinski definition) is 2. The SMILES string of the molecule is O=C(NCC(N1CCNCC1)C(F)(F)F)c1noc2c1CCCC2. The molecule has 0 spiro atoms. The Balaban J connectivity index is 1.65. The molecule has 2 heterocycles. The van der Waals surface area contributed by atoms with Crippen molar-refractivity contribution >= 4 is 5.91 Å². The Kier molecular flexibility index (Phi) is 5.09. The van der Waals surface area contributed by atoms with E-state index in [2.05, 4.69) is 15.8 Å². The van der Waals surface area contributed by atoms with Gasteiger partial charge in [-0.2, -0.15) is 13.2 Å². The van der Waals surface area contributed by atoms with E-state index in [1.165, 1.54) is 4.90 Å². The lowest BCUT2D eigenvalue weighted by atomic mass is 9.96. The predicted octanol–water partition coefficient (Wildman–Crippen LogP) is 1.12. The highest BCUT2D eigenvalue weighted by Crippen LogP contribution is 2.26. The molecule has 3 rings (SSSR count). The minimum atomic E-state index is -4.39. The number of amides is 1. The average Bonchev–Trinajstić information content (AvgIpc) is 2.99. The van der Waals surface area contributed by atoms with Crippen molar-refractivity contribution in [2.75, 3.05) is 32.7 Å². The molecule has 9 heteroatoms. The first-order valence-electron chi connectivity index (χ1n) is 8.24. The molecular weight excluding hydrogens is 325 g/mol. The normalized spacial score (nSPS) is 20.5. The van der Waals surface area contributed by atoms with E-state index >= 15 is 0 Å². The van der Waals surface area contributed by atoms with Crippen LogP contribution in [-0.2, 0) is 12.8 Å². The Morgan fingerprint density at radius 1 is 1.29 bits per heavy atom. The third-order valence-corrected chi connectivity index (χ3v) is 4.59. The molecule has 0 saturated carbocycles. The van der Waals surface area contributed by atoms with E-state index in [4.69, 9.17) is 4.52 Å². The van der Waals surface area contributed by atoms with E-state index in [0.29, 0.717) is 38.4 Å². The number of carbonyl (C=O) groups excluding carboxylic acids is 1. The zero-order valence-corrected chi connectivity index (χ0v) is 13.3. The summed E-state index contributed by atoms with van der Waals surface area (Å²) in [6.45, 7) is 1.15. The van der Waals surface area contributed by atoms with Gasteiger partial charge in [0.05, 0.1) is 0 Å². The Hall–Kier alpha value is -1.61. The van der Waals surface area contributed by atoms with Crippen molar-refractivity contribution in [1.29, 1.82) is 0 Å². The molecule has 1 aromatic rings. The molecule has 1 atom stereocenters. The summed E-state index contributed by atoms with van der Waals surface area (Å²) in [6.07, 6.45) is -1.08. The molecule has 2 N–H and O–H groups in total. The van der Waals surface area contributed by atoms with Gasteiger partial charge >= 0.3 is 6.18 Å². The molecule has 6 nitrogen and oxygen atoms in total. The summed E-state index contributed by atoms with van der Waals surface area (Å²) in [5.74, 6) is 0.0900. The second kappa shape index (κ2) is 7.10. The second-order valence-corrected chi connectivity index (χ2v) is 6.19. The largest absolute Gasteiger partial charge is 0.405 e. The highest BCUT2D eigenvalue weighted by Gasteiger charge is 2.44. The smallest absolute Gasteiger partial charge is 0.360 e. The second-order valence-electron chi connectivity index (χ2n) is 6.19. The van der Waals surface area contributed by atoms with Gasteiger partial charge in [0.2, 0.25) is 0 Å². The number of nitrogens with one attached hydrogen (secondary N) is 2. The monoisotopic (exact) mass is 346 g/mol. The number of aryl methyl sites for hydroxylation is 1. The first-order valence-corrected chi connectivity index (χ1v) is 8.24. The number of hydrogen-bond acceptors (Lipinski definition) is 5. The third-order valence-electron chi connectivity index (χ3n) is 4.59. The zero-order valence-electron chi connectivity index (χ0n) is 13.3. The summed E-state index contributed by atoms with van der Waals surface area (Å²) < 4.78 is 45.1. The lowest BCUT2D eigenvalue weighted by Gasteiger charge is -2.35. The van der Waals surface area contributed by atoms with Gasteiger partial charge in [-0.3, -0.25) is 9.69 Å². The number of halogens is 3. The highest BCUT2D eigenvalue weighted by molar-refractivity contribution is 5.93. The fourth-order valence-electron chi connectivity index (χ4n) is 3.28. The van der Waals surface area contributed by atoms with Gasteiger partial charge < -0.3 is 15.2 Å². The van der Waals surface area contributed by atoms with E-state index < -0.39 is 24.7 Å². The van der Waals surface area contributed by atoms with E-state index in [1.807, 2.05) is 0 Å². The van der Waals surface area contributed by atoms with Crippen LogP contribution in [0.15, 0.2) is 4.52 Å². The minimum Gasteiger partial charge on any atom is -0.360 e. The van der Waals surface area contributed by atoms with Crippen LogP contribution in [0.25, 0.3) is 0 Å². The van der Waals surface area contributed by atoms with E-state index in [-0.39, 0.29) is 5.69 Å². The first kappa shape index (κ1) is 17.2. The zero-order chi connectivity index (χ0) is 17.2. The molecule has 1 aliphatic carbocycles. The summed E-state index contributed by atoms with van der Waals surface area (Å²) in [5, 5.41) is 9.18. The van der Waals surface area contributed by atoms with Crippen LogP contribution >= 0.6 is 0 Å². The van der Waals surface area contributed by atoms with Crippen molar-refractivity contribution < 1.29 is 22.5 Å². The van der Waals surface area contributed by atoms with Crippen LogP contribution in [0.3, 0.4) is 0 Å². The van der Waals surface area contributed by atoms with Crippen molar-refractivity contribution in [1.82, 2.24) is 20.7 Å². The summed E-state index contributed by atoms with van der Waals surface area (Å²) >= 11 is 0. The van der Waals surface area contributed by atoms with E-state index in [0.717, 1.165) is 24.8 Å². The molecule has 1 aliphatic heterocycles. The molecule has 134 valence electrons. The Morgan fingerprint density at radius 2 is 2.00 bits per heavy atom. The molecule has 0 bridgehead atoms. The standard InChI is InChI=1S/C15H21F3N4O2/c16-15(17,18)12(22-7-5-19-6-8-22)9-20-14(23)13-10-3-1-2-4-11(10)24-21-13/h12,19H,1-9H2,(H,20,23). The molecule has 1 unspecified atom stereocenters. The quantitative estimate of drug-likeness (QED) is 0.855. The summed E-state index contributed by atoms with van der Waals surface area (Å²) in [6, 6.07) is -1.69. The van der Waals surface area contributed by atoms with Crippen LogP contribution in [0.5, 0.6) is 0 Å². The number of aromatic nitrogens is 1. The maximum atomic E-state index is 13.3. The lowest BCUT2D eigenvalue weighted by molar-refractivity contribution is -0.183. The van der Waals surface area contributed by atoms with Gasteiger partial charge in [-0.25, -0.2) is 0 Å². The van der Waals surface area contributed by atoms with E-state index in [9.17, 15) is 18.0 Å². The fraction of sp³-hybridized carbons (Fsp3) is 0.733. The minimum absolute atomic E-state index is 0.130. The molecule has 2 aliphatic rings. The van der Waals surface area contributed by atoms with Crippen LogP contribution in [0.4, 0.5) is 13.2 Å². The van der Waals surface area contributed by atoms with E-state index in [1.54, 1.807) is 0 Å². The molecule has 1 aromatic heterocycles. The van der Waals surface area contributed by atoms with Crippen LogP contribution < -0.4 is 10.6 Å². The van der Waals surface area contributed by atoms with Crippen molar-refractivity contribution in [2.45, 2.75) is 37.9 Å². The van der Waals surface area contributed by atoms with Crippen molar-refractivity contribution in [2.24, 2.45) is 0 Å². The molecule has 1 fully saturated rings. The van der Waals surface area contributed by atoms with Gasteiger partial charge in [-0.1, -0.05) is 5.16 Å². The summed E-state index contributed by atoms with van der Waals surface area (Å²) in [7, 11) is 0. The van der Waals surface area contributed by atoms with Crippen molar-refractivity contribution in [3.63, 3.8) is 0 Å². The molecule has 24 heavy (non-hydrogen) atoms. The molecule has 0 aromatic carbocycles. The number of piperazine rings is 1. The third kappa shape index (κ3) is 3.72. The summed E-state index contributed by atoms with van der Waals surface area (Å²) in [4.78, 5) is 13.6. The number of fused-ring (bicyclic) bond motifs is 1. The number of nitrogens with zero attached hydrogens (tertiary/aromatic N) is 2. The van der Waals surface area contributed by atoms with Gasteiger partial charge in [0, 0.05) is 44.7 Å². The Morgan fingerprint density at radius 3 is 2.71 bits per heavy atom. The number of carbonyl (C=O) groups is 1. The first-order chi connectivity index (χ1) is 11.5. The Bertz CT molecular complexity index is 582. The van der Waals surface area contributed by atoms with Crippen molar-refractivity contribution in [3.05, 3.63) is 17.0 Å².